The first-order valence-corrected chi connectivity index (χ1v) is 5.87. The van der Waals surface area contributed by atoms with E-state index in [9.17, 15) is 4.79 Å². The second kappa shape index (κ2) is 4.87. The molecule has 0 unspecified atom stereocenters. The van der Waals surface area contributed by atoms with E-state index in [1.54, 1.807) is 32.9 Å². The van der Waals surface area contributed by atoms with Crippen LogP contribution in [-0.2, 0) is 4.74 Å². The van der Waals surface area contributed by atoms with Crippen LogP contribution in [0.2, 0.25) is 0 Å². The minimum absolute atomic E-state index is 0.117. The quantitative estimate of drug-likeness (QED) is 0.892. The van der Waals surface area contributed by atoms with Crippen LogP contribution in [0.1, 0.15) is 20.8 Å². The molecule has 0 aliphatic carbocycles. The second-order valence-corrected chi connectivity index (χ2v) is 5.04. The van der Waals surface area contributed by atoms with Gasteiger partial charge in [-0.3, -0.25) is 5.32 Å². The van der Waals surface area contributed by atoms with Crippen molar-refractivity contribution in [1.29, 1.82) is 0 Å². The molecule has 0 radical (unpaired) electrons. The van der Waals surface area contributed by atoms with Crippen LogP contribution < -0.4 is 19.5 Å². The predicted octanol–water partition coefficient (Wildman–Crippen LogP) is 2.77. The van der Waals surface area contributed by atoms with Crippen molar-refractivity contribution in [3.8, 4) is 17.2 Å². The van der Waals surface area contributed by atoms with Crippen molar-refractivity contribution < 1.29 is 23.7 Å². The molecule has 1 N–H and O–H groups in total. The molecule has 0 spiro atoms. The Morgan fingerprint density at radius 2 is 2.05 bits per heavy atom. The summed E-state index contributed by atoms with van der Waals surface area (Å²) in [5.74, 6) is 1.58. The highest BCUT2D eigenvalue weighted by Gasteiger charge is 2.23. The number of rotatable bonds is 2. The van der Waals surface area contributed by atoms with Gasteiger partial charge >= 0.3 is 6.09 Å². The SMILES string of the molecule is COc1cc(NC(=O)OC(C)(C)C)c2c(c1)OCO2. The number of methoxy groups -OCH3 is 1. The first-order valence-electron chi connectivity index (χ1n) is 5.87. The molecule has 0 fully saturated rings. The molecule has 6 heteroatoms. The summed E-state index contributed by atoms with van der Waals surface area (Å²) in [5.41, 5.74) is -0.107. The van der Waals surface area contributed by atoms with E-state index < -0.39 is 11.7 Å². The third-order valence-corrected chi connectivity index (χ3v) is 2.32. The van der Waals surface area contributed by atoms with E-state index in [0.29, 0.717) is 22.9 Å². The lowest BCUT2D eigenvalue weighted by atomic mass is 10.2. The molecular weight excluding hydrogens is 250 g/mol. The second-order valence-electron chi connectivity index (χ2n) is 5.04. The lowest BCUT2D eigenvalue weighted by Gasteiger charge is -2.20. The Kier molecular flexibility index (Phi) is 3.42. The summed E-state index contributed by atoms with van der Waals surface area (Å²) in [5, 5.41) is 2.63. The lowest BCUT2D eigenvalue weighted by Crippen LogP contribution is -2.27. The van der Waals surface area contributed by atoms with Crippen molar-refractivity contribution in [1.82, 2.24) is 0 Å². The smallest absolute Gasteiger partial charge is 0.412 e. The van der Waals surface area contributed by atoms with Gasteiger partial charge < -0.3 is 18.9 Å². The molecule has 19 heavy (non-hydrogen) atoms. The molecule has 0 saturated carbocycles. The largest absolute Gasteiger partial charge is 0.497 e. The number of hydrogen-bond donors (Lipinski definition) is 1. The van der Waals surface area contributed by atoms with E-state index in [4.69, 9.17) is 18.9 Å². The van der Waals surface area contributed by atoms with Crippen LogP contribution in [-0.4, -0.2) is 25.6 Å². The minimum atomic E-state index is -0.566. The minimum Gasteiger partial charge on any atom is -0.497 e. The third kappa shape index (κ3) is 3.21. The van der Waals surface area contributed by atoms with Crippen molar-refractivity contribution in [2.45, 2.75) is 26.4 Å². The first kappa shape index (κ1) is 13.3. The van der Waals surface area contributed by atoms with Crippen LogP contribution in [0, 0.1) is 0 Å². The Labute approximate surface area is 111 Å². The van der Waals surface area contributed by atoms with Gasteiger partial charge in [0.2, 0.25) is 6.79 Å². The van der Waals surface area contributed by atoms with Crippen LogP contribution in [0.4, 0.5) is 10.5 Å². The van der Waals surface area contributed by atoms with Gasteiger partial charge in [0.15, 0.2) is 11.5 Å². The molecule has 0 saturated heterocycles. The molecule has 1 aliphatic heterocycles. The van der Waals surface area contributed by atoms with Crippen molar-refractivity contribution in [3.05, 3.63) is 12.1 Å². The van der Waals surface area contributed by atoms with Gasteiger partial charge in [-0.05, 0) is 20.8 Å². The van der Waals surface area contributed by atoms with Crippen molar-refractivity contribution >= 4 is 11.8 Å². The molecule has 1 aromatic carbocycles. The topological polar surface area (TPSA) is 66.0 Å². The fourth-order valence-corrected chi connectivity index (χ4v) is 1.61. The maximum absolute atomic E-state index is 11.8. The third-order valence-electron chi connectivity index (χ3n) is 2.32. The Bertz CT molecular complexity index is 493. The van der Waals surface area contributed by atoms with E-state index in [2.05, 4.69) is 5.32 Å². The highest BCUT2D eigenvalue weighted by atomic mass is 16.7. The molecule has 0 bridgehead atoms. The standard InChI is InChI=1S/C13H17NO5/c1-13(2,3)19-12(15)14-9-5-8(16-4)6-10-11(9)18-7-17-10/h5-6H,7H2,1-4H3,(H,14,15). The van der Waals surface area contributed by atoms with E-state index >= 15 is 0 Å². The summed E-state index contributed by atoms with van der Waals surface area (Å²) in [6, 6.07) is 3.35. The molecule has 0 atom stereocenters. The Balaban J connectivity index is 2.20. The normalized spacial score (nSPS) is 13.1. The highest BCUT2D eigenvalue weighted by Crippen LogP contribution is 2.42. The molecule has 0 aromatic heterocycles. The van der Waals surface area contributed by atoms with Gasteiger partial charge in [-0.2, -0.15) is 0 Å². The number of carbonyl (C=O) groups excluding carboxylic acids is 1. The first-order chi connectivity index (χ1) is 8.89. The zero-order chi connectivity index (χ0) is 14.0. The molecule has 1 amide bonds. The highest BCUT2D eigenvalue weighted by molar-refractivity contribution is 5.88. The van der Waals surface area contributed by atoms with Crippen LogP contribution in [0.3, 0.4) is 0 Å². The van der Waals surface area contributed by atoms with E-state index in [1.807, 2.05) is 0 Å². The predicted molar refractivity (Wildman–Crippen MR) is 69.0 cm³/mol. The van der Waals surface area contributed by atoms with E-state index in [0.717, 1.165) is 0 Å². The van der Waals surface area contributed by atoms with E-state index in [-0.39, 0.29) is 6.79 Å². The summed E-state index contributed by atoms with van der Waals surface area (Å²) >= 11 is 0. The van der Waals surface area contributed by atoms with Crippen LogP contribution in [0.25, 0.3) is 0 Å². The molecular formula is C13H17NO5. The number of hydrogen-bond acceptors (Lipinski definition) is 5. The lowest BCUT2D eigenvalue weighted by molar-refractivity contribution is 0.0635. The van der Waals surface area contributed by atoms with Gasteiger partial charge in [-0.15, -0.1) is 0 Å². The van der Waals surface area contributed by atoms with Gasteiger partial charge in [0.25, 0.3) is 0 Å². The number of benzene rings is 1. The number of amides is 1. The van der Waals surface area contributed by atoms with Gasteiger partial charge in [-0.1, -0.05) is 0 Å². The monoisotopic (exact) mass is 267 g/mol. The number of nitrogens with one attached hydrogen (secondary N) is 1. The van der Waals surface area contributed by atoms with Gasteiger partial charge in [0, 0.05) is 12.1 Å². The summed E-state index contributed by atoms with van der Waals surface area (Å²) in [6.45, 7) is 5.50. The molecule has 1 aliphatic rings. The average Bonchev–Trinajstić information content (AvgIpc) is 2.74. The molecule has 1 heterocycles. The number of carbonyl (C=O) groups is 1. The number of anilines is 1. The fraction of sp³-hybridized carbons (Fsp3) is 0.462. The van der Waals surface area contributed by atoms with Crippen LogP contribution >= 0.6 is 0 Å². The summed E-state index contributed by atoms with van der Waals surface area (Å²) in [6.07, 6.45) is -0.557. The van der Waals surface area contributed by atoms with Crippen molar-refractivity contribution in [3.63, 3.8) is 0 Å². The van der Waals surface area contributed by atoms with Crippen molar-refractivity contribution in [2.75, 3.05) is 19.2 Å². The fourth-order valence-electron chi connectivity index (χ4n) is 1.61. The maximum atomic E-state index is 11.8. The summed E-state index contributed by atoms with van der Waals surface area (Å²) < 4.78 is 20.9. The summed E-state index contributed by atoms with van der Waals surface area (Å²) in [4.78, 5) is 11.8. The van der Waals surface area contributed by atoms with E-state index in [1.165, 1.54) is 7.11 Å². The molecule has 104 valence electrons. The Morgan fingerprint density at radius 3 is 2.68 bits per heavy atom. The van der Waals surface area contributed by atoms with Crippen LogP contribution in [0.5, 0.6) is 17.2 Å². The maximum Gasteiger partial charge on any atom is 0.412 e. The average molecular weight is 267 g/mol. The molecule has 6 nitrogen and oxygen atoms in total. The molecule has 1 aromatic rings. The van der Waals surface area contributed by atoms with Gasteiger partial charge in [0.1, 0.15) is 11.4 Å². The Hall–Kier alpha value is -2.11. The van der Waals surface area contributed by atoms with Gasteiger partial charge in [0.05, 0.1) is 12.8 Å². The van der Waals surface area contributed by atoms with Crippen molar-refractivity contribution in [2.24, 2.45) is 0 Å². The summed E-state index contributed by atoms with van der Waals surface area (Å²) in [7, 11) is 1.54. The number of ether oxygens (including phenoxy) is 4. The zero-order valence-electron chi connectivity index (χ0n) is 11.4. The number of fused-ring (bicyclic) bond motifs is 1. The zero-order valence-corrected chi connectivity index (χ0v) is 11.4. The van der Waals surface area contributed by atoms with Crippen LogP contribution in [0.15, 0.2) is 12.1 Å². The molecule has 2 rings (SSSR count). The van der Waals surface area contributed by atoms with Gasteiger partial charge in [-0.25, -0.2) is 4.79 Å². The Morgan fingerprint density at radius 1 is 1.32 bits per heavy atom.